The third kappa shape index (κ3) is 1.43. The number of hydrogen-bond donors (Lipinski definition) is 0. The van der Waals surface area contributed by atoms with Crippen LogP contribution in [0.5, 0.6) is 0 Å². The maximum absolute atomic E-state index is 12.0. The van der Waals surface area contributed by atoms with Gasteiger partial charge in [0.1, 0.15) is 0 Å². The van der Waals surface area contributed by atoms with E-state index < -0.39 is 5.41 Å². The summed E-state index contributed by atoms with van der Waals surface area (Å²) >= 11 is 0. The third-order valence-electron chi connectivity index (χ3n) is 3.89. The molecule has 2 aliphatic rings. The summed E-state index contributed by atoms with van der Waals surface area (Å²) in [5.74, 6) is -0.391. The highest BCUT2D eigenvalue weighted by molar-refractivity contribution is 6.01. The van der Waals surface area contributed by atoms with Crippen LogP contribution in [-0.2, 0) is 19.1 Å². The van der Waals surface area contributed by atoms with Crippen molar-refractivity contribution in [1.29, 1.82) is 0 Å². The summed E-state index contributed by atoms with van der Waals surface area (Å²) in [6.07, 6.45) is 2.41. The van der Waals surface area contributed by atoms with E-state index >= 15 is 0 Å². The maximum atomic E-state index is 12.0. The molecule has 0 spiro atoms. The molecule has 0 radical (unpaired) electrons. The molecule has 1 saturated heterocycles. The second-order valence-corrected chi connectivity index (χ2v) is 4.77. The largest absolute Gasteiger partial charge is 0.465 e. The van der Waals surface area contributed by atoms with Gasteiger partial charge in [0.15, 0.2) is 5.41 Å². The average molecular weight is 226 g/mol. The van der Waals surface area contributed by atoms with E-state index in [4.69, 9.17) is 9.47 Å². The summed E-state index contributed by atoms with van der Waals surface area (Å²) < 4.78 is 10.2. The van der Waals surface area contributed by atoms with Crippen LogP contribution in [0.2, 0.25) is 0 Å². The van der Waals surface area contributed by atoms with Gasteiger partial charge >= 0.3 is 11.9 Å². The van der Waals surface area contributed by atoms with Gasteiger partial charge in [0.05, 0.1) is 13.2 Å². The molecule has 0 aromatic carbocycles. The molecule has 1 heterocycles. The zero-order valence-corrected chi connectivity index (χ0v) is 9.82. The van der Waals surface area contributed by atoms with Gasteiger partial charge < -0.3 is 9.47 Å². The first-order valence-electron chi connectivity index (χ1n) is 5.97. The third-order valence-corrected chi connectivity index (χ3v) is 3.89. The molecule has 4 nitrogen and oxygen atoms in total. The maximum Gasteiger partial charge on any atom is 0.323 e. The van der Waals surface area contributed by atoms with Gasteiger partial charge in [-0.1, -0.05) is 13.3 Å². The number of ether oxygens (including phenoxy) is 2. The van der Waals surface area contributed by atoms with E-state index in [1.54, 1.807) is 6.92 Å². The molecular formula is C12H18O4. The van der Waals surface area contributed by atoms with Crippen LogP contribution in [0.3, 0.4) is 0 Å². The summed E-state index contributed by atoms with van der Waals surface area (Å²) in [6.45, 7) is 4.55. The van der Waals surface area contributed by atoms with Gasteiger partial charge in [-0.25, -0.2) is 0 Å². The Labute approximate surface area is 95.3 Å². The first kappa shape index (κ1) is 11.4. The zero-order valence-electron chi connectivity index (χ0n) is 9.82. The van der Waals surface area contributed by atoms with Crippen LogP contribution in [0.4, 0.5) is 0 Å². The molecule has 90 valence electrons. The molecule has 0 aromatic heterocycles. The lowest BCUT2D eigenvalue weighted by Gasteiger charge is -2.38. The predicted molar refractivity (Wildman–Crippen MR) is 56.5 cm³/mol. The van der Waals surface area contributed by atoms with Crippen molar-refractivity contribution in [1.82, 2.24) is 0 Å². The second-order valence-electron chi connectivity index (χ2n) is 4.77. The number of carbonyl (C=O) groups excluding carboxylic acids is 2. The van der Waals surface area contributed by atoms with Crippen molar-refractivity contribution < 1.29 is 19.1 Å². The van der Waals surface area contributed by atoms with Crippen molar-refractivity contribution in [2.45, 2.75) is 33.1 Å². The first-order chi connectivity index (χ1) is 7.63. The van der Waals surface area contributed by atoms with Crippen molar-refractivity contribution in [3.63, 3.8) is 0 Å². The van der Waals surface area contributed by atoms with E-state index in [0.717, 1.165) is 12.8 Å². The zero-order chi connectivity index (χ0) is 11.8. The van der Waals surface area contributed by atoms with Crippen molar-refractivity contribution >= 4 is 11.9 Å². The summed E-state index contributed by atoms with van der Waals surface area (Å²) in [7, 11) is 0. The van der Waals surface area contributed by atoms with Crippen molar-refractivity contribution in [2.75, 3.05) is 13.2 Å². The minimum absolute atomic E-state index is 0.104. The highest BCUT2D eigenvalue weighted by atomic mass is 16.6. The van der Waals surface area contributed by atoms with Crippen LogP contribution in [0.25, 0.3) is 0 Å². The van der Waals surface area contributed by atoms with Gasteiger partial charge in [0.25, 0.3) is 0 Å². The van der Waals surface area contributed by atoms with E-state index in [9.17, 15) is 9.59 Å². The predicted octanol–water partition coefficient (Wildman–Crippen LogP) is 1.53. The number of esters is 2. The molecular weight excluding hydrogens is 208 g/mol. The minimum atomic E-state index is -0.992. The van der Waals surface area contributed by atoms with Crippen LogP contribution < -0.4 is 0 Å². The molecule has 2 rings (SSSR count). The molecule has 0 amide bonds. The van der Waals surface area contributed by atoms with Crippen LogP contribution in [0.15, 0.2) is 0 Å². The number of cyclic esters (lactones) is 1. The molecule has 0 unspecified atom stereocenters. The Hall–Kier alpha value is -1.06. The molecule has 16 heavy (non-hydrogen) atoms. The summed E-state index contributed by atoms with van der Waals surface area (Å²) in [4.78, 5) is 24.0. The quantitative estimate of drug-likeness (QED) is 0.529. The van der Waals surface area contributed by atoms with E-state index in [2.05, 4.69) is 0 Å². The van der Waals surface area contributed by atoms with Gasteiger partial charge in [-0.05, 0) is 31.6 Å². The van der Waals surface area contributed by atoms with Crippen molar-refractivity contribution in [3.05, 3.63) is 0 Å². The normalized spacial score (nSPS) is 37.8. The fourth-order valence-electron chi connectivity index (χ4n) is 3.10. The first-order valence-corrected chi connectivity index (χ1v) is 5.97. The van der Waals surface area contributed by atoms with Gasteiger partial charge in [-0.2, -0.15) is 0 Å². The van der Waals surface area contributed by atoms with Crippen LogP contribution >= 0.6 is 0 Å². The van der Waals surface area contributed by atoms with Crippen molar-refractivity contribution in [3.8, 4) is 0 Å². The van der Waals surface area contributed by atoms with E-state index in [1.807, 2.05) is 6.92 Å². The minimum Gasteiger partial charge on any atom is -0.465 e. The Morgan fingerprint density at radius 2 is 2.38 bits per heavy atom. The molecule has 3 atom stereocenters. The Kier molecular flexibility index (Phi) is 2.91. The van der Waals surface area contributed by atoms with Gasteiger partial charge in [0, 0.05) is 0 Å². The second kappa shape index (κ2) is 4.07. The molecule has 2 fully saturated rings. The lowest BCUT2D eigenvalue weighted by atomic mass is 9.70. The Balaban J connectivity index is 2.32. The molecule has 1 aliphatic carbocycles. The molecule has 1 aliphatic heterocycles. The van der Waals surface area contributed by atoms with Gasteiger partial charge in [-0.3, -0.25) is 9.59 Å². The number of fused-ring (bicyclic) bond motifs is 1. The lowest BCUT2D eigenvalue weighted by molar-refractivity contribution is -0.186. The molecule has 0 N–H and O–H groups in total. The van der Waals surface area contributed by atoms with E-state index in [1.165, 1.54) is 0 Å². The number of hydrogen-bond acceptors (Lipinski definition) is 4. The van der Waals surface area contributed by atoms with Crippen LogP contribution in [0.1, 0.15) is 33.1 Å². The molecule has 0 aromatic rings. The number of carbonyl (C=O) groups is 2. The summed E-state index contributed by atoms with van der Waals surface area (Å²) in [6, 6.07) is 0. The number of rotatable bonds is 2. The highest BCUT2D eigenvalue weighted by Crippen LogP contribution is 2.51. The van der Waals surface area contributed by atoms with Crippen LogP contribution in [-0.4, -0.2) is 25.2 Å². The highest BCUT2D eigenvalue weighted by Gasteiger charge is 2.60. The van der Waals surface area contributed by atoms with Crippen molar-refractivity contribution in [2.24, 2.45) is 17.3 Å². The topological polar surface area (TPSA) is 52.6 Å². The summed E-state index contributed by atoms with van der Waals surface area (Å²) in [5.41, 5.74) is -0.992. The van der Waals surface area contributed by atoms with E-state index in [0.29, 0.717) is 19.6 Å². The Morgan fingerprint density at radius 1 is 1.62 bits per heavy atom. The average Bonchev–Trinajstić information content (AvgIpc) is 2.71. The Bertz CT molecular complexity index is 312. The van der Waals surface area contributed by atoms with Gasteiger partial charge in [0.2, 0.25) is 0 Å². The lowest BCUT2D eigenvalue weighted by Crippen LogP contribution is -2.51. The fourth-order valence-corrected chi connectivity index (χ4v) is 3.10. The SMILES string of the molecule is CCOC(=O)[C@@]12CCC[C@@H]1[C@H](C)COC2=O. The monoisotopic (exact) mass is 226 g/mol. The molecule has 0 bridgehead atoms. The smallest absolute Gasteiger partial charge is 0.323 e. The molecule has 1 saturated carbocycles. The Morgan fingerprint density at radius 3 is 3.06 bits per heavy atom. The standard InChI is InChI=1S/C12H18O4/c1-3-15-10(13)12-6-4-5-9(12)8(2)7-16-11(12)14/h8-9H,3-7H2,1-2H3/t8-,9-,12-/m1/s1. The summed E-state index contributed by atoms with van der Waals surface area (Å²) in [5, 5.41) is 0. The van der Waals surface area contributed by atoms with E-state index in [-0.39, 0.29) is 23.8 Å². The molecule has 4 heteroatoms. The fraction of sp³-hybridized carbons (Fsp3) is 0.833. The van der Waals surface area contributed by atoms with Crippen LogP contribution in [0, 0.1) is 17.3 Å². The van der Waals surface area contributed by atoms with Gasteiger partial charge in [-0.15, -0.1) is 0 Å².